The molecule has 2 amide bonds. The number of carbonyl (C=O) groups is 2. The Kier molecular flexibility index (Phi) is 7.07. The molecule has 0 aromatic carbocycles. The highest BCUT2D eigenvalue weighted by Crippen LogP contribution is 2.20. The summed E-state index contributed by atoms with van der Waals surface area (Å²) >= 11 is 0. The van der Waals surface area contributed by atoms with E-state index in [1.165, 1.54) is 0 Å². The van der Waals surface area contributed by atoms with Gasteiger partial charge in [0.1, 0.15) is 5.76 Å². The third-order valence-corrected chi connectivity index (χ3v) is 5.93. The minimum atomic E-state index is -0.0470. The standard InChI is InChI=1S/C20H32N4O4/c1-15-17(16(2)28-21-15)5-6-19(25)23-9-4-8-22(11-12-23)18-7-10-24(20(18)26)13-14-27-3/h18H,4-14H2,1-3H3. The van der Waals surface area contributed by atoms with Crippen LogP contribution in [0.2, 0.25) is 0 Å². The first-order chi connectivity index (χ1) is 13.5. The lowest BCUT2D eigenvalue weighted by Crippen LogP contribution is -2.44. The van der Waals surface area contributed by atoms with Gasteiger partial charge in [0.2, 0.25) is 11.8 Å². The highest BCUT2D eigenvalue weighted by molar-refractivity contribution is 5.84. The maximum absolute atomic E-state index is 12.7. The zero-order valence-electron chi connectivity index (χ0n) is 17.3. The highest BCUT2D eigenvalue weighted by Gasteiger charge is 2.36. The molecule has 0 spiro atoms. The fraction of sp³-hybridized carbons (Fsp3) is 0.750. The maximum atomic E-state index is 12.7. The lowest BCUT2D eigenvalue weighted by atomic mass is 10.1. The van der Waals surface area contributed by atoms with Crippen LogP contribution in [0.15, 0.2) is 4.52 Å². The van der Waals surface area contributed by atoms with E-state index in [-0.39, 0.29) is 17.9 Å². The monoisotopic (exact) mass is 392 g/mol. The number of nitrogens with zero attached hydrogens (tertiary/aromatic N) is 4. The topological polar surface area (TPSA) is 79.1 Å². The predicted molar refractivity (Wildman–Crippen MR) is 104 cm³/mol. The van der Waals surface area contributed by atoms with Gasteiger partial charge in [0.15, 0.2) is 0 Å². The summed E-state index contributed by atoms with van der Waals surface area (Å²) in [5.41, 5.74) is 1.91. The molecular formula is C20H32N4O4. The third kappa shape index (κ3) is 4.72. The lowest BCUT2D eigenvalue weighted by Gasteiger charge is -2.26. The average molecular weight is 393 g/mol. The predicted octanol–water partition coefficient (Wildman–Crippen LogP) is 1.01. The molecule has 1 atom stereocenters. The number of amides is 2. The zero-order chi connectivity index (χ0) is 20.1. The lowest BCUT2D eigenvalue weighted by molar-refractivity contribution is -0.132. The van der Waals surface area contributed by atoms with Crippen molar-refractivity contribution in [2.45, 2.75) is 45.6 Å². The number of methoxy groups -OCH3 is 1. The van der Waals surface area contributed by atoms with Crippen LogP contribution in [-0.4, -0.2) is 90.7 Å². The summed E-state index contributed by atoms with van der Waals surface area (Å²) in [5.74, 6) is 1.17. The molecule has 2 aliphatic rings. The van der Waals surface area contributed by atoms with Crippen LogP contribution in [-0.2, 0) is 20.7 Å². The van der Waals surface area contributed by atoms with Crippen LogP contribution in [0.4, 0.5) is 0 Å². The summed E-state index contributed by atoms with van der Waals surface area (Å²) in [5, 5.41) is 3.96. The van der Waals surface area contributed by atoms with Gasteiger partial charge in [-0.15, -0.1) is 0 Å². The molecule has 1 aromatic heterocycles. The Hall–Kier alpha value is -1.93. The van der Waals surface area contributed by atoms with Gasteiger partial charge in [-0.2, -0.15) is 0 Å². The van der Waals surface area contributed by atoms with Crippen molar-refractivity contribution in [3.8, 4) is 0 Å². The van der Waals surface area contributed by atoms with Gasteiger partial charge in [-0.1, -0.05) is 5.16 Å². The van der Waals surface area contributed by atoms with E-state index in [9.17, 15) is 9.59 Å². The SMILES string of the molecule is COCCN1CCC(N2CCCN(C(=O)CCc3c(C)noc3C)CC2)C1=O. The van der Waals surface area contributed by atoms with Gasteiger partial charge in [-0.05, 0) is 33.1 Å². The Morgan fingerprint density at radius 3 is 2.75 bits per heavy atom. The van der Waals surface area contributed by atoms with Crippen LogP contribution >= 0.6 is 0 Å². The van der Waals surface area contributed by atoms with Crippen molar-refractivity contribution in [2.75, 3.05) is 53.0 Å². The second kappa shape index (κ2) is 9.52. The molecule has 1 unspecified atom stereocenters. The maximum Gasteiger partial charge on any atom is 0.240 e. The summed E-state index contributed by atoms with van der Waals surface area (Å²) in [6.45, 7) is 8.88. The number of carbonyl (C=O) groups excluding carboxylic acids is 2. The average Bonchev–Trinajstić information content (AvgIpc) is 3.09. The smallest absolute Gasteiger partial charge is 0.240 e. The van der Waals surface area contributed by atoms with E-state index in [1.54, 1.807) is 7.11 Å². The second-order valence-corrected chi connectivity index (χ2v) is 7.70. The molecule has 3 rings (SSSR count). The number of rotatable bonds is 7. The molecule has 156 valence electrons. The van der Waals surface area contributed by atoms with Crippen molar-refractivity contribution in [1.29, 1.82) is 0 Å². The van der Waals surface area contributed by atoms with Crippen molar-refractivity contribution < 1.29 is 18.8 Å². The van der Waals surface area contributed by atoms with Crippen LogP contribution in [0.25, 0.3) is 0 Å². The summed E-state index contributed by atoms with van der Waals surface area (Å²) in [4.78, 5) is 31.5. The third-order valence-electron chi connectivity index (χ3n) is 5.93. The van der Waals surface area contributed by atoms with Crippen molar-refractivity contribution >= 4 is 11.8 Å². The number of aryl methyl sites for hydroxylation is 2. The highest BCUT2D eigenvalue weighted by atomic mass is 16.5. The molecule has 3 heterocycles. The Labute approximate surface area is 166 Å². The molecule has 0 saturated carbocycles. The zero-order valence-corrected chi connectivity index (χ0v) is 17.3. The van der Waals surface area contributed by atoms with E-state index in [4.69, 9.17) is 9.26 Å². The van der Waals surface area contributed by atoms with Crippen LogP contribution in [0.3, 0.4) is 0 Å². The van der Waals surface area contributed by atoms with E-state index in [0.29, 0.717) is 32.5 Å². The van der Waals surface area contributed by atoms with E-state index >= 15 is 0 Å². The quantitative estimate of drug-likeness (QED) is 0.689. The Morgan fingerprint density at radius 2 is 2.04 bits per heavy atom. The molecule has 2 aliphatic heterocycles. The van der Waals surface area contributed by atoms with Gasteiger partial charge in [-0.3, -0.25) is 14.5 Å². The fourth-order valence-electron chi connectivity index (χ4n) is 4.23. The number of ether oxygens (including phenoxy) is 1. The first kappa shape index (κ1) is 20.8. The largest absolute Gasteiger partial charge is 0.383 e. The Morgan fingerprint density at radius 1 is 1.21 bits per heavy atom. The van der Waals surface area contributed by atoms with Crippen molar-refractivity contribution in [1.82, 2.24) is 19.9 Å². The molecule has 1 aromatic rings. The molecule has 8 nitrogen and oxygen atoms in total. The van der Waals surface area contributed by atoms with Crippen molar-refractivity contribution in [2.24, 2.45) is 0 Å². The van der Waals surface area contributed by atoms with Crippen molar-refractivity contribution in [3.05, 3.63) is 17.0 Å². The normalized spacial score (nSPS) is 21.4. The van der Waals surface area contributed by atoms with Gasteiger partial charge >= 0.3 is 0 Å². The van der Waals surface area contributed by atoms with Gasteiger partial charge in [0, 0.05) is 58.4 Å². The van der Waals surface area contributed by atoms with Gasteiger partial charge in [0.25, 0.3) is 0 Å². The van der Waals surface area contributed by atoms with E-state index in [2.05, 4.69) is 10.1 Å². The minimum absolute atomic E-state index is 0.0470. The Balaban J connectivity index is 1.49. The number of likely N-dealkylation sites (tertiary alicyclic amines) is 1. The minimum Gasteiger partial charge on any atom is -0.383 e. The van der Waals surface area contributed by atoms with E-state index in [1.807, 2.05) is 23.6 Å². The van der Waals surface area contributed by atoms with Crippen LogP contribution in [0.5, 0.6) is 0 Å². The second-order valence-electron chi connectivity index (χ2n) is 7.70. The molecule has 0 radical (unpaired) electrons. The number of aromatic nitrogens is 1. The molecule has 2 saturated heterocycles. The van der Waals surface area contributed by atoms with Crippen LogP contribution in [0.1, 0.15) is 36.3 Å². The molecular weight excluding hydrogens is 360 g/mol. The molecule has 0 aliphatic carbocycles. The Bertz CT molecular complexity index is 670. The van der Waals surface area contributed by atoms with Crippen molar-refractivity contribution in [3.63, 3.8) is 0 Å². The number of hydrogen-bond acceptors (Lipinski definition) is 6. The summed E-state index contributed by atoms with van der Waals surface area (Å²) in [6.07, 6.45) is 2.90. The molecule has 8 heteroatoms. The van der Waals surface area contributed by atoms with E-state index in [0.717, 1.165) is 56.0 Å². The molecule has 0 bridgehead atoms. The van der Waals surface area contributed by atoms with Crippen LogP contribution < -0.4 is 0 Å². The van der Waals surface area contributed by atoms with Gasteiger partial charge in [-0.25, -0.2) is 0 Å². The van der Waals surface area contributed by atoms with Gasteiger partial charge < -0.3 is 19.1 Å². The summed E-state index contributed by atoms with van der Waals surface area (Å²) in [6, 6.07) is -0.0470. The van der Waals surface area contributed by atoms with Gasteiger partial charge in [0.05, 0.1) is 18.3 Å². The molecule has 28 heavy (non-hydrogen) atoms. The summed E-state index contributed by atoms with van der Waals surface area (Å²) in [7, 11) is 1.66. The number of hydrogen-bond donors (Lipinski definition) is 0. The molecule has 2 fully saturated rings. The fourth-order valence-corrected chi connectivity index (χ4v) is 4.23. The van der Waals surface area contributed by atoms with Crippen LogP contribution in [0, 0.1) is 13.8 Å². The van der Waals surface area contributed by atoms with E-state index < -0.39 is 0 Å². The first-order valence-corrected chi connectivity index (χ1v) is 10.2. The summed E-state index contributed by atoms with van der Waals surface area (Å²) < 4.78 is 10.3. The first-order valence-electron chi connectivity index (χ1n) is 10.2. The molecule has 0 N–H and O–H groups in total.